The first-order valence-corrected chi connectivity index (χ1v) is 8.45. The molecule has 2 nitrogen and oxygen atoms in total. The molecule has 0 amide bonds. The Morgan fingerprint density at radius 3 is 2.20 bits per heavy atom. The largest absolute Gasteiger partial charge is 0.307 e. The van der Waals surface area contributed by atoms with Crippen LogP contribution in [-0.4, -0.2) is 30.1 Å². The van der Waals surface area contributed by atoms with Crippen molar-refractivity contribution in [3.05, 3.63) is 35.9 Å². The molecule has 108 valence electrons. The number of rotatable bonds is 5. The molecule has 2 saturated carbocycles. The number of hydrogen-bond acceptors (Lipinski definition) is 2. The van der Waals surface area contributed by atoms with E-state index in [1.807, 2.05) is 0 Å². The van der Waals surface area contributed by atoms with E-state index in [1.54, 1.807) is 0 Å². The van der Waals surface area contributed by atoms with Gasteiger partial charge in [0.25, 0.3) is 0 Å². The lowest BCUT2D eigenvalue weighted by Crippen LogP contribution is -2.44. The van der Waals surface area contributed by atoms with Crippen LogP contribution in [0.4, 0.5) is 0 Å². The van der Waals surface area contributed by atoms with Gasteiger partial charge in [-0.25, -0.2) is 0 Å². The van der Waals surface area contributed by atoms with Crippen LogP contribution in [0.5, 0.6) is 0 Å². The lowest BCUT2D eigenvalue weighted by Gasteiger charge is -2.35. The van der Waals surface area contributed by atoms with E-state index in [9.17, 15) is 0 Å². The van der Waals surface area contributed by atoms with Crippen LogP contribution in [0.15, 0.2) is 30.3 Å². The van der Waals surface area contributed by atoms with Crippen molar-refractivity contribution in [2.45, 2.75) is 56.7 Å². The van der Waals surface area contributed by atoms with Crippen LogP contribution in [0.25, 0.3) is 0 Å². The molecule has 1 atom stereocenters. The molecule has 3 aliphatic rings. The number of hydrogen-bond donors (Lipinski definition) is 1. The Morgan fingerprint density at radius 1 is 0.900 bits per heavy atom. The second kappa shape index (κ2) is 5.50. The van der Waals surface area contributed by atoms with E-state index in [-0.39, 0.29) is 0 Å². The van der Waals surface area contributed by atoms with E-state index in [0.717, 1.165) is 18.0 Å². The molecule has 0 aromatic heterocycles. The molecular formula is C18H26N2. The van der Waals surface area contributed by atoms with E-state index in [1.165, 1.54) is 57.2 Å². The molecule has 0 bridgehead atoms. The van der Waals surface area contributed by atoms with Crippen molar-refractivity contribution in [2.75, 3.05) is 13.1 Å². The first kappa shape index (κ1) is 12.8. The Kier molecular flexibility index (Phi) is 3.53. The SMILES string of the molecule is c1ccc(C(NC2CCN(C3CC3)CC2)C2CC2)cc1. The van der Waals surface area contributed by atoms with Crippen LogP contribution in [0.1, 0.15) is 50.1 Å². The van der Waals surface area contributed by atoms with E-state index >= 15 is 0 Å². The van der Waals surface area contributed by atoms with Gasteiger partial charge < -0.3 is 10.2 Å². The molecule has 1 unspecified atom stereocenters. The zero-order valence-electron chi connectivity index (χ0n) is 12.3. The molecule has 0 radical (unpaired) electrons. The van der Waals surface area contributed by atoms with Crippen LogP contribution in [0, 0.1) is 5.92 Å². The fourth-order valence-electron chi connectivity index (χ4n) is 3.72. The summed E-state index contributed by atoms with van der Waals surface area (Å²) in [6.45, 7) is 2.63. The molecule has 1 aromatic carbocycles. The van der Waals surface area contributed by atoms with Crippen LogP contribution in [0.2, 0.25) is 0 Å². The van der Waals surface area contributed by atoms with Crippen LogP contribution in [-0.2, 0) is 0 Å². The zero-order valence-corrected chi connectivity index (χ0v) is 12.3. The molecule has 1 heterocycles. The number of likely N-dealkylation sites (tertiary alicyclic amines) is 1. The highest BCUT2D eigenvalue weighted by Crippen LogP contribution is 2.41. The minimum absolute atomic E-state index is 0.605. The predicted octanol–water partition coefficient (Wildman–Crippen LogP) is 3.35. The second-order valence-corrected chi connectivity index (χ2v) is 6.93. The molecule has 20 heavy (non-hydrogen) atoms. The summed E-state index contributed by atoms with van der Waals surface area (Å²) < 4.78 is 0. The van der Waals surface area contributed by atoms with Gasteiger partial charge >= 0.3 is 0 Å². The van der Waals surface area contributed by atoms with Gasteiger partial charge in [-0.05, 0) is 63.1 Å². The molecule has 0 spiro atoms. The quantitative estimate of drug-likeness (QED) is 0.882. The number of piperidine rings is 1. The monoisotopic (exact) mass is 270 g/mol. The maximum atomic E-state index is 3.99. The lowest BCUT2D eigenvalue weighted by atomic mass is 9.98. The Balaban J connectivity index is 1.36. The fourth-order valence-corrected chi connectivity index (χ4v) is 3.72. The minimum atomic E-state index is 0.605. The zero-order chi connectivity index (χ0) is 13.4. The van der Waals surface area contributed by atoms with Gasteiger partial charge in [0.15, 0.2) is 0 Å². The Hall–Kier alpha value is -0.860. The third-order valence-corrected chi connectivity index (χ3v) is 5.26. The predicted molar refractivity (Wildman–Crippen MR) is 82.7 cm³/mol. The summed E-state index contributed by atoms with van der Waals surface area (Å²) in [5.74, 6) is 0.888. The third kappa shape index (κ3) is 2.91. The Labute approximate surface area is 122 Å². The average molecular weight is 270 g/mol. The van der Waals surface area contributed by atoms with Crippen molar-refractivity contribution in [1.82, 2.24) is 10.2 Å². The van der Waals surface area contributed by atoms with Crippen LogP contribution in [0.3, 0.4) is 0 Å². The molecule has 3 fully saturated rings. The van der Waals surface area contributed by atoms with Crippen molar-refractivity contribution in [3.63, 3.8) is 0 Å². The van der Waals surface area contributed by atoms with Crippen molar-refractivity contribution in [1.29, 1.82) is 0 Å². The number of benzene rings is 1. The summed E-state index contributed by atoms with van der Waals surface area (Å²) >= 11 is 0. The summed E-state index contributed by atoms with van der Waals surface area (Å²) in [4.78, 5) is 2.72. The molecule has 2 heteroatoms. The summed E-state index contributed by atoms with van der Waals surface area (Å²) in [7, 11) is 0. The van der Waals surface area contributed by atoms with E-state index in [2.05, 4.69) is 40.5 Å². The van der Waals surface area contributed by atoms with Gasteiger partial charge in [0.2, 0.25) is 0 Å². The minimum Gasteiger partial charge on any atom is -0.307 e. The topological polar surface area (TPSA) is 15.3 Å². The summed E-state index contributed by atoms with van der Waals surface area (Å²) in [6, 6.07) is 13.4. The van der Waals surface area contributed by atoms with Crippen molar-refractivity contribution in [2.24, 2.45) is 5.92 Å². The third-order valence-electron chi connectivity index (χ3n) is 5.26. The highest BCUT2D eigenvalue weighted by molar-refractivity contribution is 5.21. The highest BCUT2D eigenvalue weighted by Gasteiger charge is 2.36. The number of nitrogens with zero attached hydrogens (tertiary/aromatic N) is 1. The van der Waals surface area contributed by atoms with E-state index in [0.29, 0.717) is 6.04 Å². The normalized spacial score (nSPS) is 26.6. The standard InChI is InChI=1S/C18H26N2/c1-2-4-14(5-3-1)18(15-6-7-15)19-16-10-12-20(13-11-16)17-8-9-17/h1-5,15-19H,6-13H2. The number of nitrogens with one attached hydrogen (secondary N) is 1. The molecule has 1 N–H and O–H groups in total. The van der Waals surface area contributed by atoms with E-state index < -0.39 is 0 Å². The van der Waals surface area contributed by atoms with Crippen LogP contribution >= 0.6 is 0 Å². The van der Waals surface area contributed by atoms with Crippen molar-refractivity contribution < 1.29 is 0 Å². The summed E-state index contributed by atoms with van der Waals surface area (Å²) in [5.41, 5.74) is 1.50. The maximum Gasteiger partial charge on any atom is 0.0351 e. The van der Waals surface area contributed by atoms with Gasteiger partial charge in [0.05, 0.1) is 0 Å². The van der Waals surface area contributed by atoms with E-state index in [4.69, 9.17) is 0 Å². The molecule has 1 aliphatic heterocycles. The first-order chi connectivity index (χ1) is 9.90. The smallest absolute Gasteiger partial charge is 0.0351 e. The molecule has 1 aromatic rings. The summed E-state index contributed by atoms with van der Waals surface area (Å²) in [5, 5.41) is 3.99. The van der Waals surface area contributed by atoms with Gasteiger partial charge in [0, 0.05) is 18.1 Å². The molecule has 4 rings (SSSR count). The van der Waals surface area contributed by atoms with Crippen molar-refractivity contribution in [3.8, 4) is 0 Å². The average Bonchev–Trinajstić information content (AvgIpc) is 3.40. The Morgan fingerprint density at radius 2 is 1.60 bits per heavy atom. The van der Waals surface area contributed by atoms with Gasteiger partial charge in [0.1, 0.15) is 0 Å². The molecule has 2 aliphatic carbocycles. The maximum absolute atomic E-state index is 3.99. The molecular weight excluding hydrogens is 244 g/mol. The van der Waals surface area contributed by atoms with Gasteiger partial charge in [-0.1, -0.05) is 30.3 Å². The fraction of sp³-hybridized carbons (Fsp3) is 0.667. The lowest BCUT2D eigenvalue weighted by molar-refractivity contribution is 0.180. The van der Waals surface area contributed by atoms with Gasteiger partial charge in [-0.2, -0.15) is 0 Å². The Bertz CT molecular complexity index is 428. The van der Waals surface area contributed by atoms with Gasteiger partial charge in [-0.15, -0.1) is 0 Å². The van der Waals surface area contributed by atoms with Crippen molar-refractivity contribution >= 4 is 0 Å². The molecule has 1 saturated heterocycles. The summed E-state index contributed by atoms with van der Waals surface area (Å²) in [6.07, 6.45) is 8.40. The first-order valence-electron chi connectivity index (χ1n) is 8.45. The second-order valence-electron chi connectivity index (χ2n) is 6.93. The van der Waals surface area contributed by atoms with Gasteiger partial charge in [-0.3, -0.25) is 0 Å². The van der Waals surface area contributed by atoms with Crippen LogP contribution < -0.4 is 5.32 Å². The highest BCUT2D eigenvalue weighted by atomic mass is 15.2.